The summed E-state index contributed by atoms with van der Waals surface area (Å²) in [5.74, 6) is 0.431. The minimum Gasteiger partial charge on any atom is -0.493 e. The molecule has 2 aromatic carbocycles. The summed E-state index contributed by atoms with van der Waals surface area (Å²) < 4.78 is 10.8. The van der Waals surface area contributed by atoms with Gasteiger partial charge in [0, 0.05) is 5.92 Å². The smallest absolute Gasteiger partial charge is 0.262 e. The van der Waals surface area contributed by atoms with E-state index < -0.39 is 5.54 Å². The van der Waals surface area contributed by atoms with Crippen molar-refractivity contribution in [2.24, 2.45) is 5.92 Å². The number of amides is 2. The van der Waals surface area contributed by atoms with Crippen LogP contribution in [0.1, 0.15) is 33.2 Å². The maximum atomic E-state index is 13.3. The van der Waals surface area contributed by atoms with Gasteiger partial charge in [0.25, 0.3) is 11.8 Å². The van der Waals surface area contributed by atoms with Crippen LogP contribution in [-0.4, -0.2) is 30.9 Å². The van der Waals surface area contributed by atoms with Gasteiger partial charge in [-0.05, 0) is 29.8 Å². The van der Waals surface area contributed by atoms with E-state index in [1.54, 1.807) is 44.6 Å². The minimum atomic E-state index is -0.957. The van der Waals surface area contributed by atoms with Gasteiger partial charge in [-0.25, -0.2) is 0 Å². The van der Waals surface area contributed by atoms with Crippen molar-refractivity contribution in [2.75, 3.05) is 14.2 Å². The summed E-state index contributed by atoms with van der Waals surface area (Å²) in [6, 6.07) is 12.5. The first-order valence-corrected chi connectivity index (χ1v) is 9.11. The third-order valence-electron chi connectivity index (χ3n) is 5.57. The van der Waals surface area contributed by atoms with E-state index in [2.05, 4.69) is 0 Å². The van der Waals surface area contributed by atoms with Crippen molar-refractivity contribution < 1.29 is 19.1 Å². The van der Waals surface area contributed by atoms with Crippen molar-refractivity contribution in [3.63, 3.8) is 0 Å². The summed E-state index contributed by atoms with van der Waals surface area (Å²) in [7, 11) is 3.14. The minimum absolute atomic E-state index is 0.127. The average molecular weight is 375 g/mol. The fourth-order valence-electron chi connectivity index (χ4n) is 4.11. The van der Waals surface area contributed by atoms with Crippen molar-refractivity contribution in [2.45, 2.75) is 12.5 Å². The number of imide groups is 1. The monoisotopic (exact) mass is 375 g/mol. The van der Waals surface area contributed by atoms with Crippen molar-refractivity contribution in [3.8, 4) is 11.5 Å². The van der Waals surface area contributed by atoms with E-state index in [0.717, 1.165) is 5.56 Å². The number of nitrogens with zero attached hydrogens (tertiary/aromatic N) is 1. The molecule has 5 heteroatoms. The van der Waals surface area contributed by atoms with Crippen LogP contribution in [0, 0.1) is 5.92 Å². The molecular weight excluding hydrogens is 354 g/mol. The third kappa shape index (κ3) is 2.39. The lowest BCUT2D eigenvalue weighted by Gasteiger charge is -2.43. The van der Waals surface area contributed by atoms with E-state index in [1.165, 1.54) is 4.90 Å². The molecule has 0 N–H and O–H groups in total. The standard InChI is InChI=1S/C23H21NO4/c1-15-8-6-7-13-23(15,16-11-12-19(27-2)20(14-16)28-3)24-21(25)17-9-4-5-10-18(17)22(24)26/h4-15H,1-3H3. The lowest BCUT2D eigenvalue weighted by Crippen LogP contribution is -2.52. The molecule has 2 unspecified atom stereocenters. The fourth-order valence-corrected chi connectivity index (χ4v) is 4.11. The Morgan fingerprint density at radius 3 is 2.11 bits per heavy atom. The van der Waals surface area contributed by atoms with Gasteiger partial charge in [-0.15, -0.1) is 0 Å². The molecule has 5 nitrogen and oxygen atoms in total. The average Bonchev–Trinajstić information content (AvgIpc) is 2.99. The van der Waals surface area contributed by atoms with Crippen LogP contribution in [0.4, 0.5) is 0 Å². The van der Waals surface area contributed by atoms with E-state index in [9.17, 15) is 9.59 Å². The SMILES string of the molecule is COc1ccc(C2(N3C(=O)c4ccccc4C3=O)C=CC=CC2C)cc1OC. The summed E-state index contributed by atoms with van der Waals surface area (Å²) >= 11 is 0. The van der Waals surface area contributed by atoms with E-state index in [-0.39, 0.29) is 17.7 Å². The van der Waals surface area contributed by atoms with Crippen LogP contribution in [0.3, 0.4) is 0 Å². The van der Waals surface area contributed by atoms with Gasteiger partial charge in [-0.1, -0.05) is 49.4 Å². The first kappa shape index (κ1) is 18.0. The third-order valence-corrected chi connectivity index (χ3v) is 5.57. The molecule has 1 heterocycles. The highest BCUT2D eigenvalue weighted by Gasteiger charge is 2.51. The molecule has 0 fully saturated rings. The molecule has 0 aromatic heterocycles. The van der Waals surface area contributed by atoms with Gasteiger partial charge >= 0.3 is 0 Å². The Morgan fingerprint density at radius 2 is 1.54 bits per heavy atom. The number of allylic oxidation sites excluding steroid dienone is 2. The maximum absolute atomic E-state index is 13.3. The zero-order chi connectivity index (χ0) is 19.9. The maximum Gasteiger partial charge on any atom is 0.262 e. The largest absolute Gasteiger partial charge is 0.493 e. The van der Waals surface area contributed by atoms with Crippen molar-refractivity contribution >= 4 is 11.8 Å². The molecule has 0 radical (unpaired) electrons. The quantitative estimate of drug-likeness (QED) is 0.759. The van der Waals surface area contributed by atoms with E-state index >= 15 is 0 Å². The summed E-state index contributed by atoms with van der Waals surface area (Å²) in [6.07, 6.45) is 7.73. The van der Waals surface area contributed by atoms with Gasteiger partial charge in [-0.3, -0.25) is 14.5 Å². The van der Waals surface area contributed by atoms with E-state index in [1.807, 2.05) is 43.4 Å². The van der Waals surface area contributed by atoms with Crippen LogP contribution in [0.25, 0.3) is 0 Å². The normalized spacial score (nSPS) is 23.1. The molecule has 0 saturated carbocycles. The topological polar surface area (TPSA) is 55.8 Å². The first-order valence-electron chi connectivity index (χ1n) is 9.11. The molecule has 1 aliphatic carbocycles. The van der Waals surface area contributed by atoms with Crippen LogP contribution in [0.2, 0.25) is 0 Å². The lowest BCUT2D eigenvalue weighted by molar-refractivity contribution is 0.0429. The van der Waals surface area contributed by atoms with Crippen molar-refractivity contribution in [1.82, 2.24) is 4.90 Å². The summed E-state index contributed by atoms with van der Waals surface area (Å²) in [6.45, 7) is 2.00. The highest BCUT2D eigenvalue weighted by Crippen LogP contribution is 2.46. The second kappa shape index (κ2) is 6.68. The Bertz CT molecular complexity index is 988. The number of fused-ring (bicyclic) bond motifs is 1. The lowest BCUT2D eigenvalue weighted by atomic mass is 9.74. The molecular formula is C23H21NO4. The number of hydrogen-bond acceptors (Lipinski definition) is 4. The van der Waals surface area contributed by atoms with Gasteiger partial charge in [0.2, 0.25) is 0 Å². The predicted octanol–water partition coefficient (Wildman–Crippen LogP) is 3.96. The number of methoxy groups -OCH3 is 2. The molecule has 2 aromatic rings. The molecule has 4 rings (SSSR count). The molecule has 0 bridgehead atoms. The zero-order valence-corrected chi connectivity index (χ0v) is 16.0. The van der Waals surface area contributed by atoms with Gasteiger partial charge in [0.05, 0.1) is 25.3 Å². The molecule has 0 saturated heterocycles. The Balaban J connectivity index is 1.93. The fraction of sp³-hybridized carbons (Fsp3) is 0.217. The van der Waals surface area contributed by atoms with E-state index in [0.29, 0.717) is 22.6 Å². The first-order chi connectivity index (χ1) is 13.5. The van der Waals surface area contributed by atoms with Gasteiger partial charge < -0.3 is 9.47 Å². The Labute approximate surface area is 163 Å². The Hall–Kier alpha value is -3.34. The number of carbonyl (C=O) groups excluding carboxylic acids is 2. The molecule has 28 heavy (non-hydrogen) atoms. The zero-order valence-electron chi connectivity index (χ0n) is 16.0. The van der Waals surface area contributed by atoms with Crippen LogP contribution in [-0.2, 0) is 5.54 Å². The van der Waals surface area contributed by atoms with Gasteiger partial charge in [0.1, 0.15) is 5.54 Å². The van der Waals surface area contributed by atoms with Crippen LogP contribution < -0.4 is 9.47 Å². The van der Waals surface area contributed by atoms with Crippen LogP contribution in [0.5, 0.6) is 11.5 Å². The van der Waals surface area contributed by atoms with Gasteiger partial charge in [0.15, 0.2) is 11.5 Å². The summed E-state index contributed by atoms with van der Waals surface area (Å²) in [5, 5.41) is 0. The van der Waals surface area contributed by atoms with Crippen LogP contribution in [0.15, 0.2) is 66.8 Å². The molecule has 1 aliphatic heterocycles. The Morgan fingerprint density at radius 1 is 0.893 bits per heavy atom. The van der Waals surface area contributed by atoms with Crippen LogP contribution >= 0.6 is 0 Å². The molecule has 2 aliphatic rings. The molecule has 2 atom stereocenters. The second-order valence-electron chi connectivity index (χ2n) is 6.92. The van der Waals surface area contributed by atoms with Crippen molar-refractivity contribution in [3.05, 3.63) is 83.5 Å². The summed E-state index contributed by atoms with van der Waals surface area (Å²) in [5.41, 5.74) is 0.694. The predicted molar refractivity (Wildman–Crippen MR) is 106 cm³/mol. The summed E-state index contributed by atoms with van der Waals surface area (Å²) in [4.78, 5) is 28.0. The Kier molecular flexibility index (Phi) is 4.30. The van der Waals surface area contributed by atoms with Gasteiger partial charge in [-0.2, -0.15) is 0 Å². The molecule has 0 spiro atoms. The highest BCUT2D eigenvalue weighted by atomic mass is 16.5. The van der Waals surface area contributed by atoms with Crippen molar-refractivity contribution in [1.29, 1.82) is 0 Å². The molecule has 2 amide bonds. The number of rotatable bonds is 4. The highest BCUT2D eigenvalue weighted by molar-refractivity contribution is 6.22. The van der Waals surface area contributed by atoms with E-state index in [4.69, 9.17) is 9.47 Å². The number of ether oxygens (including phenoxy) is 2. The number of benzene rings is 2. The number of carbonyl (C=O) groups is 2. The molecule has 142 valence electrons. The second-order valence-corrected chi connectivity index (χ2v) is 6.92. The number of hydrogen-bond donors (Lipinski definition) is 0.